The molecule has 20 heavy (non-hydrogen) atoms. The van der Waals surface area contributed by atoms with Gasteiger partial charge in [-0.3, -0.25) is 0 Å². The maximum atomic E-state index is 6.12. The highest BCUT2D eigenvalue weighted by Crippen LogP contribution is 2.38. The lowest BCUT2D eigenvalue weighted by molar-refractivity contribution is 0.275. The van der Waals surface area contributed by atoms with E-state index in [4.69, 9.17) is 16.6 Å². The van der Waals surface area contributed by atoms with Crippen LogP contribution < -0.4 is 5.32 Å². The molecule has 2 aromatic rings. The van der Waals surface area contributed by atoms with Crippen molar-refractivity contribution in [1.29, 1.82) is 0 Å². The molecule has 1 saturated heterocycles. The molecule has 1 fully saturated rings. The Morgan fingerprint density at radius 3 is 2.70 bits per heavy atom. The molecule has 0 amide bonds. The lowest BCUT2D eigenvalue weighted by Crippen LogP contribution is -2.41. The first-order valence-electron chi connectivity index (χ1n) is 7.57. The number of aryl methyl sites for hydroxylation is 1. The second kappa shape index (κ2) is 5.38. The molecule has 0 unspecified atom stereocenters. The number of benzene rings is 1. The summed E-state index contributed by atoms with van der Waals surface area (Å²) in [6.07, 6.45) is 3.48. The smallest absolute Gasteiger partial charge is 0.116 e. The van der Waals surface area contributed by atoms with Crippen LogP contribution in [0.25, 0.3) is 11.0 Å². The van der Waals surface area contributed by atoms with Crippen molar-refractivity contribution in [2.75, 3.05) is 13.1 Å². The van der Waals surface area contributed by atoms with Crippen molar-refractivity contribution >= 4 is 22.6 Å². The lowest BCUT2D eigenvalue weighted by atomic mass is 9.76. The van der Waals surface area contributed by atoms with E-state index in [9.17, 15) is 0 Å². The van der Waals surface area contributed by atoms with E-state index in [0.29, 0.717) is 0 Å². The van der Waals surface area contributed by atoms with E-state index < -0.39 is 0 Å². The number of hydrogen-bond donors (Lipinski definition) is 1. The first-order valence-corrected chi connectivity index (χ1v) is 7.95. The molecule has 1 aliphatic heterocycles. The van der Waals surface area contributed by atoms with E-state index in [0.717, 1.165) is 36.6 Å². The van der Waals surface area contributed by atoms with Crippen LogP contribution in [0, 0.1) is 0 Å². The van der Waals surface area contributed by atoms with Gasteiger partial charge in [-0.25, -0.2) is 4.98 Å². The van der Waals surface area contributed by atoms with Crippen molar-refractivity contribution in [1.82, 2.24) is 14.9 Å². The fourth-order valence-electron chi connectivity index (χ4n) is 3.47. The van der Waals surface area contributed by atoms with Gasteiger partial charge < -0.3 is 9.88 Å². The van der Waals surface area contributed by atoms with Crippen molar-refractivity contribution in [2.24, 2.45) is 0 Å². The molecule has 0 saturated carbocycles. The third-order valence-electron chi connectivity index (χ3n) is 4.74. The summed E-state index contributed by atoms with van der Waals surface area (Å²) in [7, 11) is 0. The average Bonchev–Trinajstić information content (AvgIpc) is 2.86. The van der Waals surface area contributed by atoms with Crippen LogP contribution in [0.4, 0.5) is 0 Å². The molecule has 0 spiro atoms. The monoisotopic (exact) mass is 291 g/mol. The summed E-state index contributed by atoms with van der Waals surface area (Å²) in [6, 6.07) is 6.04. The number of imidazole rings is 1. The Hall–Kier alpha value is -1.06. The summed E-state index contributed by atoms with van der Waals surface area (Å²) in [4.78, 5) is 4.96. The summed E-state index contributed by atoms with van der Waals surface area (Å²) in [5.41, 5.74) is 2.45. The van der Waals surface area contributed by atoms with E-state index in [-0.39, 0.29) is 5.41 Å². The molecular formula is C16H22ClN3. The van der Waals surface area contributed by atoms with Crippen LogP contribution in [0.15, 0.2) is 18.2 Å². The number of nitrogens with zero attached hydrogens (tertiary/aromatic N) is 2. The molecule has 1 aromatic heterocycles. The van der Waals surface area contributed by atoms with Crippen LogP contribution in [-0.4, -0.2) is 22.6 Å². The van der Waals surface area contributed by atoms with Crippen LogP contribution in [0.2, 0.25) is 5.02 Å². The van der Waals surface area contributed by atoms with Gasteiger partial charge in [-0.2, -0.15) is 0 Å². The van der Waals surface area contributed by atoms with Crippen molar-refractivity contribution in [3.05, 3.63) is 29.0 Å². The predicted octanol–water partition coefficient (Wildman–Crippen LogP) is 3.74. The van der Waals surface area contributed by atoms with Gasteiger partial charge in [-0.1, -0.05) is 18.5 Å². The zero-order chi connectivity index (χ0) is 14.2. The molecule has 1 aromatic carbocycles. The van der Waals surface area contributed by atoms with Gasteiger partial charge in [0.1, 0.15) is 5.82 Å². The van der Waals surface area contributed by atoms with E-state index in [1.807, 2.05) is 12.1 Å². The molecular weight excluding hydrogens is 270 g/mol. The van der Waals surface area contributed by atoms with E-state index in [2.05, 4.69) is 29.8 Å². The minimum atomic E-state index is 0.215. The number of fused-ring (bicyclic) bond motifs is 1. The van der Waals surface area contributed by atoms with Gasteiger partial charge in [0.25, 0.3) is 0 Å². The molecule has 0 aliphatic carbocycles. The number of halogens is 1. The molecule has 3 nitrogen and oxygen atoms in total. The van der Waals surface area contributed by atoms with Crippen LogP contribution in [-0.2, 0) is 12.0 Å². The van der Waals surface area contributed by atoms with Crippen LogP contribution in [0.1, 0.15) is 38.9 Å². The summed E-state index contributed by atoms with van der Waals surface area (Å²) < 4.78 is 2.38. The second-order valence-corrected chi connectivity index (χ2v) is 6.13. The van der Waals surface area contributed by atoms with Crippen molar-refractivity contribution in [3.8, 4) is 0 Å². The topological polar surface area (TPSA) is 29.9 Å². The fourth-order valence-corrected chi connectivity index (χ4v) is 3.63. The SMILES string of the molecule is CCn1c(C2(CC)CCNCC2)nc2cc(Cl)ccc21. The van der Waals surface area contributed by atoms with Gasteiger partial charge in [0.2, 0.25) is 0 Å². The molecule has 4 heteroatoms. The highest BCUT2D eigenvalue weighted by atomic mass is 35.5. The maximum Gasteiger partial charge on any atom is 0.116 e. The Balaban J connectivity index is 2.18. The normalized spacial score (nSPS) is 18.6. The van der Waals surface area contributed by atoms with Crippen molar-refractivity contribution in [2.45, 2.75) is 45.1 Å². The fraction of sp³-hybridized carbons (Fsp3) is 0.562. The van der Waals surface area contributed by atoms with E-state index in [1.165, 1.54) is 24.2 Å². The van der Waals surface area contributed by atoms with Crippen molar-refractivity contribution < 1.29 is 0 Å². The average molecular weight is 292 g/mol. The molecule has 0 bridgehead atoms. The number of nitrogens with one attached hydrogen (secondary N) is 1. The largest absolute Gasteiger partial charge is 0.328 e. The summed E-state index contributed by atoms with van der Waals surface area (Å²) in [6.45, 7) is 7.62. The van der Waals surface area contributed by atoms with E-state index in [1.54, 1.807) is 0 Å². The number of hydrogen-bond acceptors (Lipinski definition) is 2. The predicted molar refractivity (Wildman–Crippen MR) is 84.5 cm³/mol. The highest BCUT2D eigenvalue weighted by molar-refractivity contribution is 6.31. The Morgan fingerprint density at radius 1 is 1.30 bits per heavy atom. The van der Waals surface area contributed by atoms with Gasteiger partial charge in [0.15, 0.2) is 0 Å². The van der Waals surface area contributed by atoms with Gasteiger partial charge in [-0.05, 0) is 57.5 Å². The molecule has 1 N–H and O–H groups in total. The Kier molecular flexibility index (Phi) is 3.74. The van der Waals surface area contributed by atoms with Gasteiger partial charge >= 0.3 is 0 Å². The lowest BCUT2D eigenvalue weighted by Gasteiger charge is -2.36. The zero-order valence-corrected chi connectivity index (χ0v) is 13.0. The maximum absolute atomic E-state index is 6.12. The second-order valence-electron chi connectivity index (χ2n) is 5.70. The third-order valence-corrected chi connectivity index (χ3v) is 4.97. The van der Waals surface area contributed by atoms with Crippen LogP contribution in [0.3, 0.4) is 0 Å². The Labute approximate surface area is 125 Å². The summed E-state index contributed by atoms with van der Waals surface area (Å²) in [5.74, 6) is 1.25. The number of aromatic nitrogens is 2. The first kappa shape index (κ1) is 13.9. The summed E-state index contributed by atoms with van der Waals surface area (Å²) in [5, 5.41) is 4.23. The minimum Gasteiger partial charge on any atom is -0.328 e. The molecule has 0 atom stereocenters. The highest BCUT2D eigenvalue weighted by Gasteiger charge is 2.36. The molecule has 0 radical (unpaired) electrons. The van der Waals surface area contributed by atoms with Crippen LogP contribution in [0.5, 0.6) is 0 Å². The zero-order valence-electron chi connectivity index (χ0n) is 12.2. The Morgan fingerprint density at radius 2 is 2.05 bits per heavy atom. The van der Waals surface area contributed by atoms with Crippen LogP contribution >= 0.6 is 11.6 Å². The Bertz CT molecular complexity index is 611. The molecule has 108 valence electrons. The quantitative estimate of drug-likeness (QED) is 0.933. The van der Waals surface area contributed by atoms with Gasteiger partial charge in [0, 0.05) is 17.0 Å². The van der Waals surface area contributed by atoms with Crippen molar-refractivity contribution in [3.63, 3.8) is 0 Å². The summed E-state index contributed by atoms with van der Waals surface area (Å²) >= 11 is 6.12. The number of rotatable bonds is 3. The standard InChI is InChI=1S/C16H22ClN3/c1-3-16(7-9-18-10-8-16)15-19-13-11-12(17)5-6-14(13)20(15)4-2/h5-6,11,18H,3-4,7-10H2,1-2H3. The molecule has 1 aliphatic rings. The first-order chi connectivity index (χ1) is 9.70. The van der Waals surface area contributed by atoms with E-state index >= 15 is 0 Å². The third kappa shape index (κ3) is 2.13. The minimum absolute atomic E-state index is 0.215. The molecule has 2 heterocycles. The number of piperidine rings is 1. The molecule has 3 rings (SSSR count). The van der Waals surface area contributed by atoms with Gasteiger partial charge in [0.05, 0.1) is 11.0 Å². The van der Waals surface area contributed by atoms with Gasteiger partial charge in [-0.15, -0.1) is 0 Å².